The Hall–Kier alpha value is -1.68. The van der Waals surface area contributed by atoms with Crippen LogP contribution in [0.25, 0.3) is 0 Å². The van der Waals surface area contributed by atoms with Gasteiger partial charge in [0, 0.05) is 18.4 Å². The molecule has 4 heteroatoms. The lowest BCUT2D eigenvalue weighted by atomic mass is 10.0. The van der Waals surface area contributed by atoms with Crippen LogP contribution >= 0.6 is 0 Å². The van der Waals surface area contributed by atoms with Crippen molar-refractivity contribution in [1.29, 1.82) is 0 Å². The van der Waals surface area contributed by atoms with E-state index in [4.69, 9.17) is 11.5 Å². The molecule has 110 valence electrons. The molecule has 0 fully saturated rings. The summed E-state index contributed by atoms with van der Waals surface area (Å²) in [6.45, 7) is 0.723. The molecular weight excluding hydrogens is 252 g/mol. The van der Waals surface area contributed by atoms with E-state index in [0.717, 1.165) is 43.4 Å². The lowest BCUT2D eigenvalue weighted by Crippen LogP contribution is -2.11. The fraction of sp³-hybridized carbons (Fsp3) is 0.500. The third kappa shape index (κ3) is 6.48. The van der Waals surface area contributed by atoms with Gasteiger partial charge in [-0.1, -0.05) is 37.1 Å². The predicted molar refractivity (Wildman–Crippen MR) is 80.4 cm³/mol. The van der Waals surface area contributed by atoms with Gasteiger partial charge in [-0.05, 0) is 31.4 Å². The molecule has 0 heterocycles. The molecule has 1 amide bonds. The number of hydrogen-bond donors (Lipinski definition) is 2. The highest BCUT2D eigenvalue weighted by Gasteiger charge is 2.05. The van der Waals surface area contributed by atoms with Crippen LogP contribution < -0.4 is 11.5 Å². The molecule has 4 nitrogen and oxygen atoms in total. The Balaban J connectivity index is 2.35. The van der Waals surface area contributed by atoms with Gasteiger partial charge in [0.05, 0.1) is 0 Å². The summed E-state index contributed by atoms with van der Waals surface area (Å²) < 4.78 is 0. The van der Waals surface area contributed by atoms with Gasteiger partial charge in [-0.25, -0.2) is 0 Å². The minimum Gasteiger partial charge on any atom is -0.370 e. The zero-order valence-electron chi connectivity index (χ0n) is 11.9. The average Bonchev–Trinajstić information content (AvgIpc) is 2.45. The summed E-state index contributed by atoms with van der Waals surface area (Å²) >= 11 is 0. The van der Waals surface area contributed by atoms with Crippen LogP contribution in [0.3, 0.4) is 0 Å². The van der Waals surface area contributed by atoms with Gasteiger partial charge < -0.3 is 11.5 Å². The first kappa shape index (κ1) is 16.4. The fourth-order valence-corrected chi connectivity index (χ4v) is 2.05. The van der Waals surface area contributed by atoms with Crippen LogP contribution in [0.5, 0.6) is 0 Å². The van der Waals surface area contributed by atoms with Crippen LogP contribution in [-0.4, -0.2) is 18.2 Å². The molecule has 0 aliphatic heterocycles. The molecule has 20 heavy (non-hydrogen) atoms. The summed E-state index contributed by atoms with van der Waals surface area (Å²) in [5.41, 5.74) is 12.3. The van der Waals surface area contributed by atoms with Crippen molar-refractivity contribution in [3.8, 4) is 0 Å². The van der Waals surface area contributed by atoms with Crippen LogP contribution in [0.4, 0.5) is 0 Å². The van der Waals surface area contributed by atoms with Crippen LogP contribution in [0, 0.1) is 0 Å². The van der Waals surface area contributed by atoms with E-state index in [0.29, 0.717) is 19.3 Å². The maximum absolute atomic E-state index is 12.0. The first-order valence-electron chi connectivity index (χ1n) is 7.24. The van der Waals surface area contributed by atoms with Crippen molar-refractivity contribution in [2.75, 3.05) is 6.54 Å². The number of carbonyl (C=O) groups is 2. The Morgan fingerprint density at radius 1 is 0.900 bits per heavy atom. The molecule has 1 aromatic carbocycles. The number of carbonyl (C=O) groups excluding carboxylic acids is 2. The lowest BCUT2D eigenvalue weighted by Gasteiger charge is -2.03. The van der Waals surface area contributed by atoms with E-state index in [-0.39, 0.29) is 11.7 Å². The van der Waals surface area contributed by atoms with E-state index in [1.54, 1.807) is 0 Å². The highest BCUT2D eigenvalue weighted by atomic mass is 16.1. The average molecular weight is 276 g/mol. The van der Waals surface area contributed by atoms with Crippen LogP contribution in [-0.2, 0) is 11.2 Å². The quantitative estimate of drug-likeness (QED) is 0.507. The zero-order chi connectivity index (χ0) is 14.8. The van der Waals surface area contributed by atoms with Gasteiger partial charge >= 0.3 is 0 Å². The van der Waals surface area contributed by atoms with Crippen molar-refractivity contribution in [2.45, 2.75) is 44.9 Å². The molecule has 0 bridgehead atoms. The van der Waals surface area contributed by atoms with Crippen molar-refractivity contribution < 1.29 is 9.59 Å². The number of Topliss-reactive ketones (excluding diaryl/α,β-unsaturated/α-hetero) is 1. The van der Waals surface area contributed by atoms with Gasteiger partial charge in [-0.3, -0.25) is 9.59 Å². The van der Waals surface area contributed by atoms with E-state index >= 15 is 0 Å². The molecule has 0 spiro atoms. The van der Waals surface area contributed by atoms with E-state index in [1.807, 2.05) is 24.3 Å². The number of nitrogens with two attached hydrogens (primary N) is 2. The highest BCUT2D eigenvalue weighted by Crippen LogP contribution is 2.11. The Morgan fingerprint density at radius 3 is 2.15 bits per heavy atom. The van der Waals surface area contributed by atoms with Gasteiger partial charge in [0.25, 0.3) is 0 Å². The van der Waals surface area contributed by atoms with E-state index < -0.39 is 0 Å². The lowest BCUT2D eigenvalue weighted by molar-refractivity contribution is -0.117. The van der Waals surface area contributed by atoms with E-state index in [2.05, 4.69) is 0 Å². The largest absolute Gasteiger partial charge is 0.370 e. The monoisotopic (exact) mass is 276 g/mol. The summed E-state index contributed by atoms with van der Waals surface area (Å²) in [6, 6.07) is 7.45. The maximum Gasteiger partial charge on any atom is 0.217 e. The summed E-state index contributed by atoms with van der Waals surface area (Å²) in [5, 5.41) is 0. The second kappa shape index (κ2) is 9.26. The Bertz CT molecular complexity index is 427. The third-order valence-electron chi connectivity index (χ3n) is 3.29. The van der Waals surface area contributed by atoms with E-state index in [1.165, 1.54) is 0 Å². The van der Waals surface area contributed by atoms with Crippen LogP contribution in [0.1, 0.15) is 54.4 Å². The molecule has 0 unspecified atom stereocenters. The number of amides is 1. The van der Waals surface area contributed by atoms with Crippen molar-refractivity contribution in [1.82, 2.24) is 0 Å². The summed E-state index contributed by atoms with van der Waals surface area (Å²) in [4.78, 5) is 22.7. The summed E-state index contributed by atoms with van der Waals surface area (Å²) in [7, 11) is 0. The molecule has 0 atom stereocenters. The molecule has 0 aliphatic rings. The third-order valence-corrected chi connectivity index (χ3v) is 3.29. The van der Waals surface area contributed by atoms with Crippen LogP contribution in [0.15, 0.2) is 24.3 Å². The fourth-order valence-electron chi connectivity index (χ4n) is 2.05. The first-order valence-corrected chi connectivity index (χ1v) is 7.24. The van der Waals surface area contributed by atoms with Gasteiger partial charge in [0.2, 0.25) is 5.91 Å². The van der Waals surface area contributed by atoms with Crippen molar-refractivity contribution in [3.63, 3.8) is 0 Å². The van der Waals surface area contributed by atoms with Crippen LogP contribution in [0.2, 0.25) is 0 Å². The summed E-state index contributed by atoms with van der Waals surface area (Å²) in [6.07, 6.45) is 5.66. The number of unbranched alkanes of at least 4 members (excludes halogenated alkanes) is 3. The second-order valence-corrected chi connectivity index (χ2v) is 5.04. The minimum atomic E-state index is -0.303. The number of aryl methyl sites for hydroxylation is 1. The minimum absolute atomic E-state index is 0.180. The van der Waals surface area contributed by atoms with Crippen molar-refractivity contribution in [3.05, 3.63) is 35.4 Å². The van der Waals surface area contributed by atoms with Crippen molar-refractivity contribution in [2.24, 2.45) is 11.5 Å². The highest BCUT2D eigenvalue weighted by molar-refractivity contribution is 5.96. The molecule has 1 rings (SSSR count). The van der Waals surface area contributed by atoms with Gasteiger partial charge in [0.15, 0.2) is 5.78 Å². The Kier molecular flexibility index (Phi) is 7.58. The smallest absolute Gasteiger partial charge is 0.217 e. The first-order chi connectivity index (χ1) is 9.63. The molecule has 0 aromatic heterocycles. The molecule has 1 aromatic rings. The number of rotatable bonds is 10. The van der Waals surface area contributed by atoms with E-state index in [9.17, 15) is 9.59 Å². The number of ketones is 1. The number of hydrogen-bond acceptors (Lipinski definition) is 3. The predicted octanol–water partition coefficient (Wildman–Crippen LogP) is 2.20. The topological polar surface area (TPSA) is 86.2 Å². The molecule has 0 saturated carbocycles. The van der Waals surface area contributed by atoms with Gasteiger partial charge in [-0.2, -0.15) is 0 Å². The maximum atomic E-state index is 12.0. The molecule has 0 saturated heterocycles. The molecule has 0 radical (unpaired) electrons. The van der Waals surface area contributed by atoms with Crippen molar-refractivity contribution >= 4 is 11.7 Å². The summed E-state index contributed by atoms with van der Waals surface area (Å²) in [5.74, 6) is -0.123. The van der Waals surface area contributed by atoms with Gasteiger partial charge in [-0.15, -0.1) is 0 Å². The molecular formula is C16H24N2O2. The second-order valence-electron chi connectivity index (χ2n) is 5.04. The molecule has 4 N–H and O–H groups in total. The SMILES string of the molecule is NCCCCCCC(=O)c1ccc(CCC(N)=O)cc1. The Morgan fingerprint density at radius 2 is 1.55 bits per heavy atom. The number of benzene rings is 1. The van der Waals surface area contributed by atoms with Gasteiger partial charge in [0.1, 0.15) is 0 Å². The molecule has 0 aliphatic carbocycles. The number of primary amides is 1. The Labute approximate surface area is 120 Å². The normalized spacial score (nSPS) is 10.4. The standard InChI is InChI=1S/C16H24N2O2/c17-12-4-2-1-3-5-15(19)14-9-6-13(7-10-14)8-11-16(18)20/h6-7,9-10H,1-5,8,11-12,17H2,(H2,18,20). The zero-order valence-corrected chi connectivity index (χ0v) is 11.9.